The molecule has 13 N–H and O–H groups in total. The molecule has 1 rings (SSSR count). The fourth-order valence-corrected chi connectivity index (χ4v) is 9.78. The molecule has 0 saturated heterocycles. The molecule has 5 unspecified atom stereocenters. The predicted molar refractivity (Wildman–Crippen MR) is 111 cm³/mol. The summed E-state index contributed by atoms with van der Waals surface area (Å²) in [6.45, 7) is 0. The Morgan fingerprint density at radius 2 is 0.737 bits per heavy atom. The topological polar surface area (TPSA) is 421 Å². The second-order valence-corrected chi connectivity index (χ2v) is 15.6. The van der Waals surface area contributed by atoms with Crippen molar-refractivity contribution in [3.8, 4) is 0 Å². The first-order valence-corrected chi connectivity index (χ1v) is 17.1. The van der Waals surface area contributed by atoms with Gasteiger partial charge in [0.2, 0.25) is 5.79 Å². The van der Waals surface area contributed by atoms with Crippen molar-refractivity contribution in [2.24, 2.45) is 0 Å². The van der Waals surface area contributed by atoms with Gasteiger partial charge in [0.15, 0.2) is 0 Å². The van der Waals surface area contributed by atoms with Crippen molar-refractivity contribution in [3.05, 3.63) is 0 Å². The molecule has 38 heavy (non-hydrogen) atoms. The Bertz CT molecular complexity index is 1110. The van der Waals surface area contributed by atoms with Crippen LogP contribution in [0, 0.1) is 0 Å². The van der Waals surface area contributed by atoms with E-state index >= 15 is 0 Å². The van der Waals surface area contributed by atoms with Gasteiger partial charge >= 0.3 is 84.7 Å². The van der Waals surface area contributed by atoms with Gasteiger partial charge < -0.3 is 64.9 Å². The Kier molecular flexibility index (Phi) is 13.9. The zero-order valence-electron chi connectivity index (χ0n) is 16.8. The number of hydrogen-bond acceptors (Lipinski definition) is 18. The van der Waals surface area contributed by atoms with Gasteiger partial charge in [-0.2, -0.15) is 21.6 Å². The first kappa shape index (κ1) is 39.9. The van der Waals surface area contributed by atoms with Gasteiger partial charge in [0.25, 0.3) is 0 Å². The zero-order chi connectivity index (χ0) is 29.6. The van der Waals surface area contributed by atoms with Crippen molar-refractivity contribution in [1.82, 2.24) is 0 Å². The third-order valence-corrected chi connectivity index (χ3v) is 12.3. The van der Waals surface area contributed by atoms with Gasteiger partial charge in [-0.25, -0.2) is 31.9 Å². The van der Waals surface area contributed by atoms with Crippen LogP contribution >= 0.6 is 46.9 Å². The second kappa shape index (κ2) is 13.3. The van der Waals surface area contributed by atoms with E-state index in [0.717, 1.165) is 0 Å². The minimum atomic E-state index is -6.59. The van der Waals surface area contributed by atoms with E-state index < -0.39 is 83.2 Å². The number of hydrogen-bond donors (Lipinski definition) is 13. The Morgan fingerprint density at radius 1 is 0.474 bits per heavy atom. The fourth-order valence-electron chi connectivity index (χ4n) is 2.26. The van der Waals surface area contributed by atoms with Crippen LogP contribution in [0.15, 0.2) is 0 Å². The van der Waals surface area contributed by atoms with Crippen LogP contribution in [0.5, 0.6) is 0 Å². The molecule has 11 atom stereocenters. The molecule has 0 aromatic carbocycles. The van der Waals surface area contributed by atoms with Crippen LogP contribution in [0.4, 0.5) is 0 Å². The molecule has 1 aliphatic carbocycles. The van der Waals surface area contributed by atoms with Crippen LogP contribution in [-0.4, -0.2) is 139 Å². The summed E-state index contributed by atoms with van der Waals surface area (Å²) in [5.74, 6) is -3.96. The number of phosphoric acid groups is 6. The van der Waals surface area contributed by atoms with Crippen molar-refractivity contribution in [2.75, 3.05) is 0 Å². The molecular formula is C6H20CaO25P6. The SMILES string of the molecule is O=P(O)(O)OP(=O)(O)OP(=O)(O)OP(=O)(O)OP(=O)(O)OP(=O)(O)O[C@]1(O)[C@H](O)[C@H](O)[C@@H](O)[C@H](O)[C@H]1O.[CaH2]. The molecule has 25 nitrogen and oxygen atoms in total. The Hall–Kier alpha value is 1.88. The normalized spacial score (nSPS) is 36.4. The molecule has 0 heterocycles. The Labute approximate surface area is 238 Å². The zero-order valence-corrected chi connectivity index (χ0v) is 22.1. The van der Waals surface area contributed by atoms with Crippen LogP contribution in [0.25, 0.3) is 0 Å². The average Bonchev–Trinajstić information content (AvgIpc) is 2.56. The summed E-state index contributed by atoms with van der Waals surface area (Å²) in [7, 11) is -38.3. The first-order chi connectivity index (χ1) is 16.0. The number of rotatable bonds is 12. The van der Waals surface area contributed by atoms with Gasteiger partial charge in [0.05, 0.1) is 0 Å². The molecule has 1 aliphatic rings. The third kappa shape index (κ3) is 11.9. The summed E-state index contributed by atoms with van der Waals surface area (Å²) in [4.78, 5) is 62.9. The molecule has 0 bridgehead atoms. The minimum absolute atomic E-state index is 0. The molecule has 226 valence electrons. The standard InChI is InChI=1S/C6H18O25P6.Ca.2H/c7-1-2(8)4(10)6(12,5(11)3(1)9)26-33(16,17)28-35(20,21)30-37(24,25)31-36(22,23)29-34(18,19)27-32(13,14)15;;;/h1-5,7-12H,(H,16,17)(H,18,19)(H,20,21)(H,22,23)(H,24,25)(H2,13,14,15);;;/t1-,2-,3+,4-,5-,6-;;;/m1.../s1. The van der Waals surface area contributed by atoms with E-state index in [4.69, 9.17) is 19.6 Å². The fraction of sp³-hybridized carbons (Fsp3) is 1.00. The van der Waals surface area contributed by atoms with E-state index in [-0.39, 0.29) is 37.7 Å². The van der Waals surface area contributed by atoms with Crippen LogP contribution in [0.1, 0.15) is 0 Å². The Balaban J connectivity index is 0.0000137. The van der Waals surface area contributed by atoms with Gasteiger partial charge in [-0.3, -0.25) is 0 Å². The van der Waals surface area contributed by atoms with Crippen LogP contribution in [0.3, 0.4) is 0 Å². The molecule has 0 amide bonds. The Morgan fingerprint density at radius 3 is 1.03 bits per heavy atom. The van der Waals surface area contributed by atoms with Gasteiger partial charge in [-0.05, 0) is 0 Å². The molecule has 1 saturated carbocycles. The number of aliphatic hydroxyl groups excluding tert-OH is 5. The first-order valence-electron chi connectivity index (χ1n) is 8.13. The van der Waals surface area contributed by atoms with E-state index in [1.54, 1.807) is 0 Å². The number of phosphoric ester groups is 1. The molecule has 0 aromatic rings. The second-order valence-electron chi connectivity index (χ2n) is 6.45. The van der Waals surface area contributed by atoms with Crippen LogP contribution in [-0.2, 0) is 53.5 Å². The quantitative estimate of drug-likeness (QED) is 0.0512. The van der Waals surface area contributed by atoms with E-state index in [0.29, 0.717) is 0 Å². The van der Waals surface area contributed by atoms with Gasteiger partial charge in [0, 0.05) is 0 Å². The van der Waals surface area contributed by atoms with Crippen molar-refractivity contribution in [2.45, 2.75) is 36.3 Å². The monoisotopic (exact) mass is 718 g/mol. The summed E-state index contributed by atoms with van der Waals surface area (Å²) >= 11 is 0. The molecule has 0 aliphatic heterocycles. The third-order valence-electron chi connectivity index (χ3n) is 3.49. The van der Waals surface area contributed by atoms with Gasteiger partial charge in [-0.15, -0.1) is 0 Å². The summed E-state index contributed by atoms with van der Waals surface area (Å²) in [5, 5.41) is 57.9. The molecule has 0 radical (unpaired) electrons. The van der Waals surface area contributed by atoms with Crippen molar-refractivity contribution in [1.29, 1.82) is 0 Å². The van der Waals surface area contributed by atoms with Crippen molar-refractivity contribution >= 4 is 84.7 Å². The van der Waals surface area contributed by atoms with E-state index in [1.807, 2.05) is 0 Å². The van der Waals surface area contributed by atoms with Crippen molar-refractivity contribution < 1.29 is 118 Å². The van der Waals surface area contributed by atoms with Gasteiger partial charge in [0.1, 0.15) is 30.5 Å². The summed E-state index contributed by atoms with van der Waals surface area (Å²) in [6.07, 6.45) is -13.5. The number of aliphatic hydroxyl groups is 6. The molecule has 0 aromatic heterocycles. The molecule has 1 fully saturated rings. The van der Waals surface area contributed by atoms with Crippen LogP contribution < -0.4 is 0 Å². The summed E-state index contributed by atoms with van der Waals surface area (Å²) < 4.78 is 88.7. The van der Waals surface area contributed by atoms with E-state index in [2.05, 4.69) is 26.1 Å². The summed E-state index contributed by atoms with van der Waals surface area (Å²) in [5.41, 5.74) is 0. The molecule has 0 spiro atoms. The maximum absolute atomic E-state index is 12.0. The maximum atomic E-state index is 12.0. The van der Waals surface area contributed by atoms with E-state index in [9.17, 15) is 72.7 Å². The van der Waals surface area contributed by atoms with E-state index in [1.165, 1.54) is 0 Å². The van der Waals surface area contributed by atoms with Gasteiger partial charge in [-0.1, -0.05) is 0 Å². The predicted octanol–water partition coefficient (Wildman–Crippen LogP) is -4.73. The average molecular weight is 718 g/mol. The molecule has 32 heteroatoms. The molecular weight excluding hydrogens is 698 g/mol. The van der Waals surface area contributed by atoms with Crippen molar-refractivity contribution in [3.63, 3.8) is 0 Å². The van der Waals surface area contributed by atoms with Crippen LogP contribution in [0.2, 0.25) is 0 Å². The summed E-state index contributed by atoms with van der Waals surface area (Å²) in [6, 6.07) is 0.